The van der Waals surface area contributed by atoms with Crippen molar-refractivity contribution in [3.63, 3.8) is 0 Å². The summed E-state index contributed by atoms with van der Waals surface area (Å²) in [6.45, 7) is 1.68. The lowest BCUT2D eigenvalue weighted by molar-refractivity contribution is 1.33. The Labute approximate surface area is 88.3 Å². The molecule has 14 heavy (non-hydrogen) atoms. The molecule has 1 radical (unpaired) electrons. The first-order valence-corrected chi connectivity index (χ1v) is 5.54. The molecule has 0 aliphatic rings. The average Bonchev–Trinajstić information content (AvgIpc) is 2.26. The third-order valence-corrected chi connectivity index (χ3v) is 3.01. The second-order valence-electron chi connectivity index (χ2n) is 3.06. The maximum absolute atomic E-state index is 5.34. The summed E-state index contributed by atoms with van der Waals surface area (Å²) in [6, 6.07) is 14.9. The van der Waals surface area contributed by atoms with Crippen molar-refractivity contribution in [3.8, 4) is 0 Å². The van der Waals surface area contributed by atoms with Crippen LogP contribution in [-0.4, -0.2) is 5.75 Å². The van der Waals surface area contributed by atoms with Gasteiger partial charge in [-0.3, -0.25) is 0 Å². The quantitative estimate of drug-likeness (QED) is 0.774. The van der Waals surface area contributed by atoms with Gasteiger partial charge in [-0.1, -0.05) is 30.3 Å². The lowest BCUT2D eigenvalue weighted by Crippen LogP contribution is -1.91. The summed E-state index contributed by atoms with van der Waals surface area (Å²) in [6.07, 6.45) is 0. The number of hydrogen-bond donors (Lipinski definition) is 1. The molecule has 0 aromatic heterocycles. The van der Waals surface area contributed by atoms with Crippen LogP contribution >= 0.6 is 11.8 Å². The highest BCUT2D eigenvalue weighted by Gasteiger charge is 1.95. The zero-order valence-electron chi connectivity index (χ0n) is 7.81. The van der Waals surface area contributed by atoms with E-state index in [0.717, 1.165) is 5.75 Å². The largest absolute Gasteiger partial charge is 0.326 e. The smallest absolute Gasteiger partial charge is 0.0296 e. The van der Waals surface area contributed by atoms with Gasteiger partial charge in [0.2, 0.25) is 0 Å². The molecule has 1 nitrogen and oxygen atoms in total. The highest BCUT2D eigenvalue weighted by molar-refractivity contribution is 7.99. The van der Waals surface area contributed by atoms with Crippen molar-refractivity contribution in [1.29, 1.82) is 0 Å². The molecule has 0 amide bonds. The molecule has 0 aliphatic carbocycles. The fraction of sp³-hybridized carbons (Fsp3) is 0.0833. The van der Waals surface area contributed by atoms with Gasteiger partial charge in [0, 0.05) is 17.2 Å². The van der Waals surface area contributed by atoms with Gasteiger partial charge in [0.15, 0.2) is 0 Å². The van der Waals surface area contributed by atoms with Crippen molar-refractivity contribution in [2.75, 3.05) is 5.75 Å². The van der Waals surface area contributed by atoms with Gasteiger partial charge in [-0.2, -0.15) is 0 Å². The Balaban J connectivity index is 2.32. The summed E-state index contributed by atoms with van der Waals surface area (Å²) < 4.78 is 0. The van der Waals surface area contributed by atoms with Crippen LogP contribution in [0.4, 0.5) is 0 Å². The number of hydrogen-bond acceptors (Lipinski definition) is 2. The van der Waals surface area contributed by atoms with Gasteiger partial charge in [-0.05, 0) is 22.9 Å². The molecule has 0 saturated heterocycles. The van der Waals surface area contributed by atoms with Gasteiger partial charge < -0.3 is 5.73 Å². The normalized spacial score (nSPS) is 10.6. The van der Waals surface area contributed by atoms with Gasteiger partial charge in [-0.25, -0.2) is 0 Å². The van der Waals surface area contributed by atoms with E-state index in [2.05, 4.69) is 42.5 Å². The molecule has 2 N–H and O–H groups in total. The average molecular weight is 202 g/mol. The Hall–Kier alpha value is -0.990. The van der Waals surface area contributed by atoms with Gasteiger partial charge in [-0.15, -0.1) is 11.8 Å². The van der Waals surface area contributed by atoms with E-state index in [0.29, 0.717) is 0 Å². The Bertz CT molecular complexity index is 425. The van der Waals surface area contributed by atoms with Crippen LogP contribution in [0.1, 0.15) is 0 Å². The van der Waals surface area contributed by atoms with E-state index in [-0.39, 0.29) is 0 Å². The Kier molecular flexibility index (Phi) is 3.07. The molecule has 0 spiro atoms. The molecule has 0 fully saturated rings. The molecule has 0 atom stereocenters. The van der Waals surface area contributed by atoms with Crippen molar-refractivity contribution in [2.24, 2.45) is 5.73 Å². The summed E-state index contributed by atoms with van der Waals surface area (Å²) in [5, 5.41) is 2.57. The van der Waals surface area contributed by atoms with E-state index >= 15 is 0 Å². The topological polar surface area (TPSA) is 26.0 Å². The van der Waals surface area contributed by atoms with Crippen LogP contribution in [0, 0.1) is 6.54 Å². The first kappa shape index (κ1) is 9.56. The summed E-state index contributed by atoms with van der Waals surface area (Å²) >= 11 is 1.75. The van der Waals surface area contributed by atoms with Crippen LogP contribution < -0.4 is 5.73 Å². The predicted molar refractivity (Wildman–Crippen MR) is 63.2 cm³/mol. The minimum atomic E-state index is 0.859. The zero-order valence-corrected chi connectivity index (χ0v) is 8.63. The maximum atomic E-state index is 5.34. The van der Waals surface area contributed by atoms with Crippen LogP contribution in [-0.2, 0) is 0 Å². The van der Waals surface area contributed by atoms with E-state index in [1.807, 2.05) is 0 Å². The Morgan fingerprint density at radius 2 is 1.86 bits per heavy atom. The Morgan fingerprint density at radius 3 is 2.64 bits per heavy atom. The van der Waals surface area contributed by atoms with E-state index in [4.69, 9.17) is 5.73 Å². The molecular weight excluding hydrogens is 190 g/mol. The molecule has 2 aromatic rings. The molecule has 71 valence electrons. The highest BCUT2D eigenvalue weighted by Crippen LogP contribution is 2.23. The van der Waals surface area contributed by atoms with Crippen molar-refractivity contribution in [3.05, 3.63) is 49.0 Å². The predicted octanol–water partition coefficient (Wildman–Crippen LogP) is 3.05. The number of thioether (sulfide) groups is 1. The van der Waals surface area contributed by atoms with Crippen molar-refractivity contribution in [1.82, 2.24) is 0 Å². The molecule has 2 aromatic carbocycles. The monoisotopic (exact) mass is 202 g/mol. The van der Waals surface area contributed by atoms with Crippen molar-refractivity contribution >= 4 is 22.5 Å². The molecule has 0 saturated carbocycles. The lowest BCUT2D eigenvalue weighted by atomic mass is 10.1. The fourth-order valence-corrected chi connectivity index (χ4v) is 2.06. The summed E-state index contributed by atoms with van der Waals surface area (Å²) in [5.74, 6) is 0.859. The molecule has 2 heteroatoms. The first-order valence-electron chi connectivity index (χ1n) is 4.55. The molecule has 0 heterocycles. The minimum absolute atomic E-state index is 0.859. The summed E-state index contributed by atoms with van der Waals surface area (Å²) in [7, 11) is 0. The third-order valence-electron chi connectivity index (χ3n) is 2.07. The van der Waals surface area contributed by atoms with Crippen molar-refractivity contribution in [2.45, 2.75) is 4.90 Å². The van der Waals surface area contributed by atoms with Gasteiger partial charge >= 0.3 is 0 Å². The van der Waals surface area contributed by atoms with Gasteiger partial charge in [0.25, 0.3) is 0 Å². The SMILES string of the molecule is N[CH]CSc1ccc2ccccc2c1. The number of fused-ring (bicyclic) bond motifs is 1. The van der Waals surface area contributed by atoms with Crippen LogP contribution in [0.3, 0.4) is 0 Å². The molecule has 0 unspecified atom stereocenters. The van der Waals surface area contributed by atoms with E-state index < -0.39 is 0 Å². The van der Waals surface area contributed by atoms with Crippen LogP contribution in [0.25, 0.3) is 10.8 Å². The fourth-order valence-electron chi connectivity index (χ4n) is 1.40. The first-order chi connectivity index (χ1) is 6.90. The zero-order chi connectivity index (χ0) is 9.80. The number of benzene rings is 2. The van der Waals surface area contributed by atoms with E-state index in [1.54, 1.807) is 18.3 Å². The summed E-state index contributed by atoms with van der Waals surface area (Å²) in [5.41, 5.74) is 5.34. The second-order valence-corrected chi connectivity index (χ2v) is 4.15. The molecule has 0 aliphatic heterocycles. The highest BCUT2D eigenvalue weighted by atomic mass is 32.2. The Morgan fingerprint density at radius 1 is 1.07 bits per heavy atom. The van der Waals surface area contributed by atoms with Crippen LogP contribution in [0.15, 0.2) is 47.4 Å². The number of rotatable bonds is 3. The lowest BCUT2D eigenvalue weighted by Gasteiger charge is -2.01. The standard InChI is InChI=1S/C12H12NS/c13-7-8-14-12-6-5-10-3-1-2-4-11(10)9-12/h1-7,9H,8,13H2. The second kappa shape index (κ2) is 4.49. The summed E-state index contributed by atoms with van der Waals surface area (Å²) in [4.78, 5) is 1.27. The molecule has 0 bridgehead atoms. The van der Waals surface area contributed by atoms with E-state index in [9.17, 15) is 0 Å². The number of nitrogens with two attached hydrogens (primary N) is 1. The van der Waals surface area contributed by atoms with Crippen LogP contribution in [0.2, 0.25) is 0 Å². The third kappa shape index (κ3) is 2.08. The maximum Gasteiger partial charge on any atom is 0.0296 e. The van der Waals surface area contributed by atoms with Gasteiger partial charge in [0.05, 0.1) is 0 Å². The minimum Gasteiger partial charge on any atom is -0.326 e. The van der Waals surface area contributed by atoms with E-state index in [1.165, 1.54) is 15.7 Å². The molecule has 2 rings (SSSR count). The van der Waals surface area contributed by atoms with Gasteiger partial charge in [0.1, 0.15) is 0 Å². The van der Waals surface area contributed by atoms with Crippen molar-refractivity contribution < 1.29 is 0 Å². The van der Waals surface area contributed by atoms with Crippen LogP contribution in [0.5, 0.6) is 0 Å². The molecular formula is C12H12NS.